The van der Waals surface area contributed by atoms with E-state index in [9.17, 15) is 0 Å². The molecule has 1 N–H and O–H groups in total. The number of hydrogen-bond donors (Lipinski definition) is 1. The summed E-state index contributed by atoms with van der Waals surface area (Å²) in [5, 5.41) is 9.04. The Labute approximate surface area is 121 Å². The van der Waals surface area contributed by atoms with Crippen LogP contribution in [0.4, 0.5) is 0 Å². The quantitative estimate of drug-likeness (QED) is 0.852. The van der Waals surface area contributed by atoms with E-state index in [0.29, 0.717) is 5.75 Å². The molecule has 1 aliphatic rings. The highest BCUT2D eigenvalue weighted by molar-refractivity contribution is 6.62. The summed E-state index contributed by atoms with van der Waals surface area (Å²) in [5.41, 5.74) is 0.214. The van der Waals surface area contributed by atoms with Crippen molar-refractivity contribution in [2.75, 3.05) is 6.61 Å². The maximum Gasteiger partial charge on any atom is 0.494 e. The normalized spacial score (nSPS) is 21.8. The van der Waals surface area contributed by atoms with Gasteiger partial charge in [-0.1, -0.05) is 12.1 Å². The molecule has 1 heterocycles. The van der Waals surface area contributed by atoms with Crippen molar-refractivity contribution in [1.29, 1.82) is 0 Å². The Hall–Kier alpha value is -1.04. The van der Waals surface area contributed by atoms with Gasteiger partial charge in [-0.15, -0.1) is 0 Å². The van der Waals surface area contributed by atoms with Crippen molar-refractivity contribution < 1.29 is 19.2 Å². The fourth-order valence-corrected chi connectivity index (χ4v) is 1.98. The summed E-state index contributed by atoms with van der Waals surface area (Å²) < 4.78 is 17.6. The summed E-state index contributed by atoms with van der Waals surface area (Å²) >= 11 is 0. The van der Waals surface area contributed by atoms with Crippen molar-refractivity contribution in [2.24, 2.45) is 0 Å². The molecule has 20 heavy (non-hydrogen) atoms. The van der Waals surface area contributed by atoms with Gasteiger partial charge < -0.3 is 19.2 Å². The standard InChI is InChI=1S/C15H23BO4/c1-11(10-17)18-13-8-6-7-12(9-13)16-19-14(2,3)15(4,5)20-16/h6-9,11,17H,10H2,1-5H3. The van der Waals surface area contributed by atoms with E-state index in [4.69, 9.17) is 19.2 Å². The van der Waals surface area contributed by atoms with Gasteiger partial charge in [0.2, 0.25) is 0 Å². The van der Waals surface area contributed by atoms with E-state index in [-0.39, 0.29) is 23.9 Å². The highest BCUT2D eigenvalue weighted by atomic mass is 16.7. The number of benzene rings is 1. The zero-order valence-electron chi connectivity index (χ0n) is 12.8. The molecule has 2 rings (SSSR count). The van der Waals surface area contributed by atoms with E-state index in [1.54, 1.807) is 0 Å². The van der Waals surface area contributed by atoms with E-state index >= 15 is 0 Å². The first-order valence-electron chi connectivity index (χ1n) is 6.98. The van der Waals surface area contributed by atoms with Crippen molar-refractivity contribution in [1.82, 2.24) is 0 Å². The molecule has 1 fully saturated rings. The second-order valence-electron chi connectivity index (χ2n) is 6.27. The Balaban J connectivity index is 2.17. The molecule has 0 amide bonds. The Morgan fingerprint density at radius 3 is 2.35 bits per heavy atom. The summed E-state index contributed by atoms with van der Waals surface area (Å²) in [7, 11) is -0.395. The van der Waals surface area contributed by atoms with Gasteiger partial charge in [-0.3, -0.25) is 0 Å². The molecule has 0 saturated carbocycles. The van der Waals surface area contributed by atoms with Gasteiger partial charge in [0.25, 0.3) is 0 Å². The predicted molar refractivity (Wildman–Crippen MR) is 79.3 cm³/mol. The van der Waals surface area contributed by atoms with E-state index in [2.05, 4.69) is 0 Å². The largest absolute Gasteiger partial charge is 0.494 e. The average molecular weight is 278 g/mol. The summed E-state index contributed by atoms with van der Waals surface area (Å²) in [4.78, 5) is 0. The lowest BCUT2D eigenvalue weighted by Crippen LogP contribution is -2.41. The summed E-state index contributed by atoms with van der Waals surface area (Å²) in [6, 6.07) is 7.62. The van der Waals surface area contributed by atoms with Crippen LogP contribution in [-0.4, -0.2) is 36.1 Å². The van der Waals surface area contributed by atoms with E-state index in [0.717, 1.165) is 5.46 Å². The molecule has 0 aromatic heterocycles. The Kier molecular flexibility index (Phi) is 4.14. The number of aliphatic hydroxyl groups is 1. The molecule has 0 aliphatic carbocycles. The van der Waals surface area contributed by atoms with Crippen LogP contribution in [0.5, 0.6) is 5.75 Å². The molecule has 110 valence electrons. The molecule has 1 aliphatic heterocycles. The Morgan fingerprint density at radius 2 is 1.80 bits per heavy atom. The van der Waals surface area contributed by atoms with Crippen molar-refractivity contribution in [3.63, 3.8) is 0 Å². The smallest absolute Gasteiger partial charge is 0.488 e. The van der Waals surface area contributed by atoms with Crippen LogP contribution in [0.2, 0.25) is 0 Å². The van der Waals surface area contributed by atoms with Crippen LogP contribution in [0, 0.1) is 0 Å². The SMILES string of the molecule is CC(CO)Oc1cccc(B2OC(C)(C)C(C)(C)O2)c1. The Bertz CT molecular complexity index is 457. The van der Waals surface area contributed by atoms with Gasteiger partial charge in [0.15, 0.2) is 0 Å². The average Bonchev–Trinajstić information content (AvgIpc) is 2.59. The minimum absolute atomic E-state index is 0.0132. The van der Waals surface area contributed by atoms with Crippen molar-refractivity contribution in [3.05, 3.63) is 24.3 Å². The first-order valence-corrected chi connectivity index (χ1v) is 6.98. The molecule has 0 spiro atoms. The number of aliphatic hydroxyl groups excluding tert-OH is 1. The van der Waals surface area contributed by atoms with Crippen LogP contribution in [0.3, 0.4) is 0 Å². The van der Waals surface area contributed by atoms with Crippen LogP contribution >= 0.6 is 0 Å². The second kappa shape index (κ2) is 5.39. The maximum atomic E-state index is 9.04. The molecule has 1 aromatic rings. The zero-order chi connectivity index (χ0) is 15.0. The molecule has 1 unspecified atom stereocenters. The van der Waals surface area contributed by atoms with Crippen LogP contribution in [0.15, 0.2) is 24.3 Å². The summed E-state index contributed by atoms with van der Waals surface area (Å²) in [5.74, 6) is 0.707. The lowest BCUT2D eigenvalue weighted by Gasteiger charge is -2.32. The lowest BCUT2D eigenvalue weighted by molar-refractivity contribution is 0.00578. The third-order valence-corrected chi connectivity index (χ3v) is 3.98. The molecule has 1 saturated heterocycles. The third-order valence-electron chi connectivity index (χ3n) is 3.98. The maximum absolute atomic E-state index is 9.04. The fourth-order valence-electron chi connectivity index (χ4n) is 1.98. The van der Waals surface area contributed by atoms with E-state index < -0.39 is 7.12 Å². The van der Waals surface area contributed by atoms with Crippen molar-refractivity contribution in [3.8, 4) is 5.75 Å². The summed E-state index contributed by atoms with van der Waals surface area (Å²) in [6.07, 6.45) is -0.233. The van der Waals surface area contributed by atoms with Crippen LogP contribution in [-0.2, 0) is 9.31 Å². The zero-order valence-corrected chi connectivity index (χ0v) is 12.8. The molecule has 0 bridgehead atoms. The first kappa shape index (κ1) is 15.4. The second-order valence-corrected chi connectivity index (χ2v) is 6.27. The molecular weight excluding hydrogens is 255 g/mol. The van der Waals surface area contributed by atoms with Gasteiger partial charge in [-0.2, -0.15) is 0 Å². The van der Waals surface area contributed by atoms with Crippen LogP contribution < -0.4 is 10.2 Å². The molecular formula is C15H23BO4. The van der Waals surface area contributed by atoms with Gasteiger partial charge in [-0.25, -0.2) is 0 Å². The minimum Gasteiger partial charge on any atom is -0.488 e. The molecule has 1 aromatic carbocycles. The van der Waals surface area contributed by atoms with Gasteiger partial charge in [-0.05, 0) is 52.2 Å². The molecule has 1 atom stereocenters. The number of rotatable bonds is 4. The van der Waals surface area contributed by atoms with Crippen molar-refractivity contribution in [2.45, 2.75) is 51.9 Å². The lowest BCUT2D eigenvalue weighted by atomic mass is 9.79. The number of ether oxygens (including phenoxy) is 1. The molecule has 5 heteroatoms. The van der Waals surface area contributed by atoms with E-state index in [1.165, 1.54) is 0 Å². The molecule has 0 radical (unpaired) electrons. The van der Waals surface area contributed by atoms with Crippen molar-refractivity contribution >= 4 is 12.6 Å². The van der Waals surface area contributed by atoms with Crippen LogP contribution in [0.25, 0.3) is 0 Å². The first-order chi connectivity index (χ1) is 9.25. The third kappa shape index (κ3) is 3.00. The number of hydrogen-bond acceptors (Lipinski definition) is 4. The summed E-state index contributed by atoms with van der Waals surface area (Å²) in [6.45, 7) is 9.92. The fraction of sp³-hybridized carbons (Fsp3) is 0.600. The van der Waals surface area contributed by atoms with Gasteiger partial charge in [0.05, 0.1) is 17.8 Å². The monoisotopic (exact) mass is 278 g/mol. The minimum atomic E-state index is -0.395. The predicted octanol–water partition coefficient (Wildman–Crippen LogP) is 1.75. The van der Waals surface area contributed by atoms with Gasteiger partial charge in [0, 0.05) is 0 Å². The topological polar surface area (TPSA) is 47.9 Å². The van der Waals surface area contributed by atoms with Gasteiger partial charge in [0.1, 0.15) is 11.9 Å². The van der Waals surface area contributed by atoms with E-state index in [1.807, 2.05) is 58.9 Å². The Morgan fingerprint density at radius 1 is 1.20 bits per heavy atom. The highest BCUT2D eigenvalue weighted by Gasteiger charge is 2.51. The molecule has 4 nitrogen and oxygen atoms in total. The van der Waals surface area contributed by atoms with Crippen LogP contribution in [0.1, 0.15) is 34.6 Å². The van der Waals surface area contributed by atoms with Gasteiger partial charge >= 0.3 is 7.12 Å². The highest BCUT2D eigenvalue weighted by Crippen LogP contribution is 2.36.